The van der Waals surface area contributed by atoms with Crippen LogP contribution in [0.2, 0.25) is 0 Å². The lowest BCUT2D eigenvalue weighted by molar-refractivity contribution is 0.0230. The van der Waals surface area contributed by atoms with Crippen molar-refractivity contribution < 1.29 is 0 Å². The van der Waals surface area contributed by atoms with Gasteiger partial charge in [0.2, 0.25) is 0 Å². The van der Waals surface area contributed by atoms with E-state index in [4.69, 9.17) is 0 Å². The van der Waals surface area contributed by atoms with Gasteiger partial charge in [-0.15, -0.1) is 0 Å². The molecule has 1 aliphatic carbocycles. The molecule has 1 saturated heterocycles. The third kappa shape index (κ3) is 3.76. The molecule has 2 fully saturated rings. The molecule has 1 heterocycles. The second-order valence-corrected chi connectivity index (χ2v) is 8.18. The molecule has 1 saturated carbocycles. The fourth-order valence-corrected chi connectivity index (χ4v) is 4.01. The maximum absolute atomic E-state index is 3.96. The maximum atomic E-state index is 3.96. The Morgan fingerprint density at radius 1 is 1.05 bits per heavy atom. The van der Waals surface area contributed by atoms with Gasteiger partial charge in [0.1, 0.15) is 0 Å². The predicted molar refractivity (Wildman–Crippen MR) is 88.0 cm³/mol. The molecule has 1 N–H and O–H groups in total. The van der Waals surface area contributed by atoms with Crippen molar-refractivity contribution in [2.45, 2.75) is 78.3 Å². The van der Waals surface area contributed by atoms with Crippen LogP contribution in [-0.4, -0.2) is 36.1 Å². The molecule has 0 radical (unpaired) electrons. The molecule has 2 unspecified atom stereocenters. The largest absolute Gasteiger partial charge is 0.308 e. The summed E-state index contributed by atoms with van der Waals surface area (Å²) in [7, 11) is 0. The van der Waals surface area contributed by atoms with Crippen molar-refractivity contribution in [2.24, 2.45) is 17.8 Å². The Morgan fingerprint density at radius 2 is 1.70 bits per heavy atom. The van der Waals surface area contributed by atoms with E-state index in [0.29, 0.717) is 5.54 Å². The summed E-state index contributed by atoms with van der Waals surface area (Å²) < 4.78 is 0. The summed E-state index contributed by atoms with van der Waals surface area (Å²) in [5.41, 5.74) is 0.445. The van der Waals surface area contributed by atoms with E-state index < -0.39 is 0 Å². The van der Waals surface area contributed by atoms with E-state index >= 15 is 0 Å². The standard InChI is InChI=1S/C18H36N2/c1-14(2)16(5)12-20-13-18(9-7-6-8-10-18)19-11-17(20)15(3)4/h14-17,19H,6-13H2,1-5H3. The van der Waals surface area contributed by atoms with E-state index in [-0.39, 0.29) is 0 Å². The summed E-state index contributed by atoms with van der Waals surface area (Å²) in [5, 5.41) is 3.96. The van der Waals surface area contributed by atoms with Crippen molar-refractivity contribution in [1.29, 1.82) is 0 Å². The molecule has 2 aliphatic rings. The topological polar surface area (TPSA) is 15.3 Å². The summed E-state index contributed by atoms with van der Waals surface area (Å²) in [4.78, 5) is 2.83. The number of hydrogen-bond donors (Lipinski definition) is 1. The van der Waals surface area contributed by atoms with E-state index in [9.17, 15) is 0 Å². The fraction of sp³-hybridized carbons (Fsp3) is 1.00. The average Bonchev–Trinajstić information content (AvgIpc) is 2.39. The third-order valence-electron chi connectivity index (χ3n) is 5.90. The van der Waals surface area contributed by atoms with Crippen LogP contribution in [0.25, 0.3) is 0 Å². The molecular formula is C18H36N2. The van der Waals surface area contributed by atoms with E-state index in [1.807, 2.05) is 0 Å². The molecule has 20 heavy (non-hydrogen) atoms. The molecule has 0 amide bonds. The minimum atomic E-state index is 0.445. The van der Waals surface area contributed by atoms with Gasteiger partial charge in [-0.25, -0.2) is 0 Å². The number of nitrogens with one attached hydrogen (secondary N) is 1. The number of nitrogens with zero attached hydrogens (tertiary/aromatic N) is 1. The van der Waals surface area contributed by atoms with Gasteiger partial charge in [0, 0.05) is 31.2 Å². The quantitative estimate of drug-likeness (QED) is 0.840. The normalized spacial score (nSPS) is 29.2. The summed E-state index contributed by atoms with van der Waals surface area (Å²) in [6.45, 7) is 15.7. The van der Waals surface area contributed by atoms with Crippen LogP contribution in [0.3, 0.4) is 0 Å². The highest BCUT2D eigenvalue weighted by molar-refractivity contribution is 5.00. The molecule has 2 atom stereocenters. The monoisotopic (exact) mass is 280 g/mol. The van der Waals surface area contributed by atoms with Gasteiger partial charge in [-0.1, -0.05) is 53.9 Å². The molecule has 0 aromatic carbocycles. The minimum absolute atomic E-state index is 0.445. The lowest BCUT2D eigenvalue weighted by atomic mass is 9.78. The molecule has 2 rings (SSSR count). The van der Waals surface area contributed by atoms with Crippen LogP contribution in [0, 0.1) is 17.8 Å². The van der Waals surface area contributed by atoms with Crippen LogP contribution in [0.1, 0.15) is 66.7 Å². The maximum Gasteiger partial charge on any atom is 0.0309 e. The van der Waals surface area contributed by atoms with Crippen molar-refractivity contribution in [1.82, 2.24) is 10.2 Å². The molecule has 0 aromatic heterocycles. The third-order valence-corrected chi connectivity index (χ3v) is 5.90. The van der Waals surface area contributed by atoms with E-state index in [1.54, 1.807) is 0 Å². The summed E-state index contributed by atoms with van der Waals surface area (Å²) in [6, 6.07) is 0.726. The molecule has 1 spiro atoms. The minimum Gasteiger partial charge on any atom is -0.308 e. The van der Waals surface area contributed by atoms with E-state index in [0.717, 1.165) is 23.8 Å². The molecule has 0 bridgehead atoms. The average molecular weight is 280 g/mol. The highest BCUT2D eigenvalue weighted by Gasteiger charge is 2.40. The number of hydrogen-bond acceptors (Lipinski definition) is 2. The second kappa shape index (κ2) is 6.79. The number of rotatable bonds is 4. The SMILES string of the molecule is CC(C)C(C)CN1CC2(CCCCC2)NCC1C(C)C. The van der Waals surface area contributed by atoms with Crippen LogP contribution in [0.5, 0.6) is 0 Å². The molecule has 2 heteroatoms. The summed E-state index contributed by atoms with van der Waals surface area (Å²) in [5.74, 6) is 2.35. The second-order valence-electron chi connectivity index (χ2n) is 8.18. The Bertz CT molecular complexity index is 292. The predicted octanol–water partition coefficient (Wildman–Crippen LogP) is 3.91. The Labute approximate surface area is 126 Å². The van der Waals surface area contributed by atoms with Crippen molar-refractivity contribution in [2.75, 3.05) is 19.6 Å². The first-order chi connectivity index (χ1) is 9.43. The smallest absolute Gasteiger partial charge is 0.0309 e. The Balaban J connectivity index is 2.05. The lowest BCUT2D eigenvalue weighted by Gasteiger charge is -2.51. The Morgan fingerprint density at radius 3 is 2.25 bits per heavy atom. The van der Waals surface area contributed by atoms with E-state index in [2.05, 4.69) is 44.8 Å². The Hall–Kier alpha value is -0.0800. The first-order valence-electron chi connectivity index (χ1n) is 8.92. The van der Waals surface area contributed by atoms with Gasteiger partial charge in [-0.05, 0) is 30.6 Å². The molecule has 1 aliphatic heterocycles. The molecule has 2 nitrogen and oxygen atoms in total. The zero-order chi connectivity index (χ0) is 14.8. The van der Waals surface area contributed by atoms with Crippen molar-refractivity contribution in [3.8, 4) is 0 Å². The molecular weight excluding hydrogens is 244 g/mol. The van der Waals surface area contributed by atoms with Crippen molar-refractivity contribution >= 4 is 0 Å². The van der Waals surface area contributed by atoms with Gasteiger partial charge in [-0.3, -0.25) is 4.90 Å². The van der Waals surface area contributed by atoms with Gasteiger partial charge in [0.25, 0.3) is 0 Å². The highest BCUT2D eigenvalue weighted by Crippen LogP contribution is 2.33. The van der Waals surface area contributed by atoms with Gasteiger partial charge in [0.05, 0.1) is 0 Å². The first kappa shape index (κ1) is 16.3. The van der Waals surface area contributed by atoms with Gasteiger partial charge in [-0.2, -0.15) is 0 Å². The lowest BCUT2D eigenvalue weighted by Crippen LogP contribution is -2.66. The van der Waals surface area contributed by atoms with Crippen LogP contribution >= 0.6 is 0 Å². The zero-order valence-electron chi connectivity index (χ0n) is 14.4. The highest BCUT2D eigenvalue weighted by atomic mass is 15.3. The summed E-state index contributed by atoms with van der Waals surface area (Å²) >= 11 is 0. The van der Waals surface area contributed by atoms with Gasteiger partial charge in [0.15, 0.2) is 0 Å². The number of piperazine rings is 1. The van der Waals surface area contributed by atoms with Crippen LogP contribution in [-0.2, 0) is 0 Å². The molecule has 0 aromatic rings. The van der Waals surface area contributed by atoms with Gasteiger partial charge < -0.3 is 5.32 Å². The van der Waals surface area contributed by atoms with Crippen molar-refractivity contribution in [3.63, 3.8) is 0 Å². The van der Waals surface area contributed by atoms with Crippen molar-refractivity contribution in [3.05, 3.63) is 0 Å². The zero-order valence-corrected chi connectivity index (χ0v) is 14.4. The van der Waals surface area contributed by atoms with Gasteiger partial charge >= 0.3 is 0 Å². The first-order valence-corrected chi connectivity index (χ1v) is 8.92. The fourth-order valence-electron chi connectivity index (χ4n) is 4.01. The van der Waals surface area contributed by atoms with Crippen LogP contribution < -0.4 is 5.32 Å². The van der Waals surface area contributed by atoms with Crippen LogP contribution in [0.4, 0.5) is 0 Å². The van der Waals surface area contributed by atoms with E-state index in [1.165, 1.54) is 51.7 Å². The summed E-state index contributed by atoms with van der Waals surface area (Å²) in [6.07, 6.45) is 7.08. The Kier molecular flexibility index (Phi) is 5.53. The van der Waals surface area contributed by atoms with Crippen LogP contribution in [0.15, 0.2) is 0 Å². The molecule has 118 valence electrons.